The minimum Gasteiger partial charge on any atom is -0.364 e. The number of fused-ring (bicyclic) bond motifs is 1. The van der Waals surface area contributed by atoms with Gasteiger partial charge in [0.15, 0.2) is 0 Å². The van der Waals surface area contributed by atoms with Crippen molar-refractivity contribution in [2.24, 2.45) is 5.73 Å². The first kappa shape index (κ1) is 11.7. The molecule has 0 spiro atoms. The van der Waals surface area contributed by atoms with Crippen molar-refractivity contribution in [3.05, 3.63) is 28.8 Å². The van der Waals surface area contributed by atoms with E-state index in [0.717, 1.165) is 11.4 Å². The maximum absolute atomic E-state index is 6.07. The molecule has 1 aliphatic rings. The van der Waals surface area contributed by atoms with Gasteiger partial charge >= 0.3 is 0 Å². The van der Waals surface area contributed by atoms with Crippen LogP contribution in [0.2, 0.25) is 5.02 Å². The lowest BCUT2D eigenvalue weighted by Gasteiger charge is -2.33. The third-order valence-electron chi connectivity index (χ3n) is 3.27. The molecule has 16 heavy (non-hydrogen) atoms. The van der Waals surface area contributed by atoms with Crippen molar-refractivity contribution in [2.75, 3.05) is 4.90 Å². The van der Waals surface area contributed by atoms with Gasteiger partial charge in [0.25, 0.3) is 0 Å². The summed E-state index contributed by atoms with van der Waals surface area (Å²) in [6.45, 7) is 6.49. The van der Waals surface area contributed by atoms with E-state index in [4.69, 9.17) is 17.3 Å². The number of rotatable bonds is 2. The number of hydrogen-bond acceptors (Lipinski definition) is 2. The molecule has 88 valence electrons. The van der Waals surface area contributed by atoms with Gasteiger partial charge in [-0.3, -0.25) is 0 Å². The monoisotopic (exact) mass is 238 g/mol. The van der Waals surface area contributed by atoms with Crippen LogP contribution in [0.4, 0.5) is 5.69 Å². The van der Waals surface area contributed by atoms with E-state index in [2.05, 4.69) is 37.8 Å². The Morgan fingerprint density at radius 1 is 1.38 bits per heavy atom. The molecule has 3 heteroatoms. The molecule has 0 aromatic heterocycles. The SMILES string of the molecule is CC(N)C1Cc2cc(Cl)ccc2N1C(C)C. The fraction of sp³-hybridized carbons (Fsp3) is 0.538. The summed E-state index contributed by atoms with van der Waals surface area (Å²) in [5.41, 5.74) is 8.68. The second-order valence-electron chi connectivity index (χ2n) is 4.90. The highest BCUT2D eigenvalue weighted by atomic mass is 35.5. The maximum Gasteiger partial charge on any atom is 0.0482 e. The second kappa shape index (κ2) is 4.27. The Kier molecular flexibility index (Phi) is 3.13. The molecule has 2 atom stereocenters. The molecule has 0 saturated heterocycles. The number of benzene rings is 1. The summed E-state index contributed by atoms with van der Waals surface area (Å²) in [5.74, 6) is 0. The molecule has 0 fully saturated rings. The molecule has 2 rings (SSSR count). The average Bonchev–Trinajstić information content (AvgIpc) is 2.55. The molecule has 0 bridgehead atoms. The van der Waals surface area contributed by atoms with Crippen LogP contribution in [0.5, 0.6) is 0 Å². The lowest BCUT2D eigenvalue weighted by atomic mass is 10.0. The predicted octanol–water partition coefficient (Wildman–Crippen LogP) is 2.83. The van der Waals surface area contributed by atoms with Crippen molar-refractivity contribution < 1.29 is 0 Å². The van der Waals surface area contributed by atoms with Crippen LogP contribution in [-0.4, -0.2) is 18.1 Å². The van der Waals surface area contributed by atoms with Crippen LogP contribution in [0.25, 0.3) is 0 Å². The van der Waals surface area contributed by atoms with Crippen LogP contribution in [0.15, 0.2) is 18.2 Å². The normalized spacial score (nSPS) is 21.4. The van der Waals surface area contributed by atoms with Crippen LogP contribution < -0.4 is 10.6 Å². The summed E-state index contributed by atoms with van der Waals surface area (Å²) in [5, 5.41) is 0.813. The van der Waals surface area contributed by atoms with Gasteiger partial charge in [-0.25, -0.2) is 0 Å². The van der Waals surface area contributed by atoms with E-state index in [1.54, 1.807) is 0 Å². The highest BCUT2D eigenvalue weighted by molar-refractivity contribution is 6.30. The van der Waals surface area contributed by atoms with E-state index in [1.165, 1.54) is 11.3 Å². The smallest absolute Gasteiger partial charge is 0.0482 e. The van der Waals surface area contributed by atoms with Gasteiger partial charge in [-0.1, -0.05) is 11.6 Å². The molecule has 0 aliphatic carbocycles. The first-order valence-corrected chi connectivity index (χ1v) is 6.21. The van der Waals surface area contributed by atoms with Crippen molar-refractivity contribution in [2.45, 2.75) is 45.3 Å². The van der Waals surface area contributed by atoms with E-state index in [-0.39, 0.29) is 6.04 Å². The second-order valence-corrected chi connectivity index (χ2v) is 5.34. The molecule has 1 aromatic rings. The Hall–Kier alpha value is -0.730. The van der Waals surface area contributed by atoms with Crippen molar-refractivity contribution >= 4 is 17.3 Å². The van der Waals surface area contributed by atoms with Crippen LogP contribution in [-0.2, 0) is 6.42 Å². The van der Waals surface area contributed by atoms with Crippen LogP contribution in [0.3, 0.4) is 0 Å². The molecule has 1 aliphatic heterocycles. The van der Waals surface area contributed by atoms with Crippen molar-refractivity contribution in [1.29, 1.82) is 0 Å². The van der Waals surface area contributed by atoms with E-state index in [1.807, 2.05) is 6.07 Å². The lowest BCUT2D eigenvalue weighted by molar-refractivity contribution is 0.500. The number of halogens is 1. The zero-order valence-corrected chi connectivity index (χ0v) is 10.8. The Morgan fingerprint density at radius 2 is 2.06 bits per heavy atom. The Labute approximate surface area is 102 Å². The average molecular weight is 239 g/mol. The number of nitrogens with zero attached hydrogens (tertiary/aromatic N) is 1. The third-order valence-corrected chi connectivity index (χ3v) is 3.50. The number of nitrogens with two attached hydrogens (primary N) is 1. The van der Waals surface area contributed by atoms with Crippen molar-refractivity contribution in [3.63, 3.8) is 0 Å². The van der Waals surface area contributed by atoms with Gasteiger partial charge in [-0.2, -0.15) is 0 Å². The van der Waals surface area contributed by atoms with Gasteiger partial charge in [0, 0.05) is 28.8 Å². The summed E-state index contributed by atoms with van der Waals surface area (Å²) in [7, 11) is 0. The first-order valence-electron chi connectivity index (χ1n) is 5.83. The van der Waals surface area contributed by atoms with Gasteiger partial charge in [-0.05, 0) is 51.0 Å². The quantitative estimate of drug-likeness (QED) is 0.859. The molecule has 1 heterocycles. The molecular weight excluding hydrogens is 220 g/mol. The molecule has 0 radical (unpaired) electrons. The summed E-state index contributed by atoms with van der Waals surface area (Å²) in [6.07, 6.45) is 1.01. The predicted molar refractivity (Wildman–Crippen MR) is 70.2 cm³/mol. The van der Waals surface area contributed by atoms with Crippen molar-refractivity contribution in [3.8, 4) is 0 Å². The Balaban J connectivity index is 2.41. The molecular formula is C13H19ClN2. The van der Waals surface area contributed by atoms with E-state index < -0.39 is 0 Å². The topological polar surface area (TPSA) is 29.3 Å². The van der Waals surface area contributed by atoms with Crippen LogP contribution in [0.1, 0.15) is 26.3 Å². The lowest BCUT2D eigenvalue weighted by Crippen LogP contribution is -2.47. The van der Waals surface area contributed by atoms with E-state index >= 15 is 0 Å². The largest absolute Gasteiger partial charge is 0.364 e. The first-order chi connectivity index (χ1) is 7.50. The third kappa shape index (κ3) is 1.92. The zero-order valence-electron chi connectivity index (χ0n) is 10.1. The molecule has 1 aromatic carbocycles. The molecule has 0 saturated carbocycles. The van der Waals surface area contributed by atoms with Gasteiger partial charge in [0.1, 0.15) is 0 Å². The van der Waals surface area contributed by atoms with E-state index in [0.29, 0.717) is 12.1 Å². The van der Waals surface area contributed by atoms with Gasteiger partial charge < -0.3 is 10.6 Å². The molecule has 0 amide bonds. The fourth-order valence-corrected chi connectivity index (χ4v) is 2.77. The molecule has 2 unspecified atom stereocenters. The number of anilines is 1. The van der Waals surface area contributed by atoms with Gasteiger partial charge in [0.2, 0.25) is 0 Å². The highest BCUT2D eigenvalue weighted by Crippen LogP contribution is 2.36. The van der Waals surface area contributed by atoms with Crippen LogP contribution in [0, 0.1) is 0 Å². The molecule has 2 nitrogen and oxygen atoms in total. The van der Waals surface area contributed by atoms with E-state index in [9.17, 15) is 0 Å². The number of hydrogen-bond donors (Lipinski definition) is 1. The summed E-state index contributed by atoms with van der Waals surface area (Å²) >= 11 is 6.03. The summed E-state index contributed by atoms with van der Waals surface area (Å²) < 4.78 is 0. The highest BCUT2D eigenvalue weighted by Gasteiger charge is 2.33. The standard InChI is InChI=1S/C13H19ClN2/c1-8(2)16-12-5-4-11(14)6-10(12)7-13(16)9(3)15/h4-6,8-9,13H,7,15H2,1-3H3. The Morgan fingerprint density at radius 3 is 2.62 bits per heavy atom. The molecule has 2 N–H and O–H groups in total. The Bertz CT molecular complexity index is 388. The van der Waals surface area contributed by atoms with Gasteiger partial charge in [-0.15, -0.1) is 0 Å². The maximum atomic E-state index is 6.07. The zero-order chi connectivity index (χ0) is 11.9. The summed E-state index contributed by atoms with van der Waals surface area (Å²) in [6, 6.07) is 7.18. The van der Waals surface area contributed by atoms with Gasteiger partial charge in [0.05, 0.1) is 0 Å². The van der Waals surface area contributed by atoms with Crippen molar-refractivity contribution in [1.82, 2.24) is 0 Å². The fourth-order valence-electron chi connectivity index (χ4n) is 2.57. The van der Waals surface area contributed by atoms with Crippen LogP contribution >= 0.6 is 11.6 Å². The minimum atomic E-state index is 0.175. The minimum absolute atomic E-state index is 0.175. The summed E-state index contributed by atoms with van der Waals surface area (Å²) in [4.78, 5) is 2.41.